The van der Waals surface area contributed by atoms with Gasteiger partial charge in [-0.2, -0.15) is 0 Å². The molecule has 0 bridgehead atoms. The number of nitrogens with one attached hydrogen (secondary N) is 1. The van der Waals surface area contributed by atoms with E-state index < -0.39 is 0 Å². The van der Waals surface area contributed by atoms with Crippen molar-refractivity contribution in [2.75, 3.05) is 23.9 Å². The van der Waals surface area contributed by atoms with Crippen LogP contribution in [0.15, 0.2) is 127 Å². The normalized spacial score (nSPS) is 10.8. The molecule has 47 heavy (non-hydrogen) atoms. The first-order chi connectivity index (χ1) is 22.8. The van der Waals surface area contributed by atoms with Crippen molar-refractivity contribution in [2.24, 2.45) is 0 Å². The number of ether oxygens (including phenoxy) is 1. The predicted molar refractivity (Wildman–Crippen MR) is 188 cm³/mol. The summed E-state index contributed by atoms with van der Waals surface area (Å²) < 4.78 is 6.26. The molecule has 7 nitrogen and oxygen atoms in total. The molecule has 2 amide bonds. The standard InChI is InChI=1S/C40H41N3O4/c1-29(2)34-19-24-38(46-27-31-11-7-5-8-12-31)37(25-34)40(45)43(36-22-20-35(21-23-36)42(3)4)26-30-15-17-33(18-16-30)39(44)41-47-28-32-13-9-6-10-14-32/h5-25,29H,26-28H2,1-4H3,(H,41,44). The second kappa shape index (κ2) is 15.7. The van der Waals surface area contributed by atoms with Crippen LogP contribution >= 0.6 is 0 Å². The summed E-state index contributed by atoms with van der Waals surface area (Å²) >= 11 is 0. The third-order valence-corrected chi connectivity index (χ3v) is 7.86. The van der Waals surface area contributed by atoms with Crippen LogP contribution in [0.25, 0.3) is 0 Å². The van der Waals surface area contributed by atoms with Gasteiger partial charge < -0.3 is 14.5 Å². The average molecular weight is 628 g/mol. The van der Waals surface area contributed by atoms with Crippen LogP contribution in [0, 0.1) is 0 Å². The molecule has 240 valence electrons. The summed E-state index contributed by atoms with van der Waals surface area (Å²) in [5.74, 6) is 0.239. The zero-order valence-electron chi connectivity index (χ0n) is 27.4. The molecule has 0 saturated heterocycles. The monoisotopic (exact) mass is 627 g/mol. The molecule has 0 aliphatic rings. The summed E-state index contributed by atoms with van der Waals surface area (Å²) in [6.07, 6.45) is 0. The van der Waals surface area contributed by atoms with Gasteiger partial charge >= 0.3 is 0 Å². The molecular weight excluding hydrogens is 586 g/mol. The molecular formula is C40H41N3O4. The second-order valence-corrected chi connectivity index (χ2v) is 11.9. The number of carbonyl (C=O) groups excluding carboxylic acids is 2. The second-order valence-electron chi connectivity index (χ2n) is 11.9. The highest BCUT2D eigenvalue weighted by molar-refractivity contribution is 6.08. The Morgan fingerprint density at radius 3 is 1.87 bits per heavy atom. The molecule has 0 fully saturated rings. The number of benzene rings is 5. The highest BCUT2D eigenvalue weighted by atomic mass is 16.6. The summed E-state index contributed by atoms with van der Waals surface area (Å²) in [5, 5.41) is 0. The van der Waals surface area contributed by atoms with Crippen LogP contribution in [0.3, 0.4) is 0 Å². The molecule has 0 heterocycles. The molecule has 0 radical (unpaired) electrons. The largest absolute Gasteiger partial charge is 0.488 e. The van der Waals surface area contributed by atoms with E-state index in [2.05, 4.69) is 19.3 Å². The SMILES string of the molecule is CC(C)c1ccc(OCc2ccccc2)c(C(=O)N(Cc2ccc(C(=O)NOCc3ccccc3)cc2)c2ccc(N(C)C)cc2)c1. The minimum Gasteiger partial charge on any atom is -0.488 e. The first-order valence-electron chi connectivity index (χ1n) is 15.7. The van der Waals surface area contributed by atoms with Gasteiger partial charge in [0, 0.05) is 31.0 Å². The first kappa shape index (κ1) is 33.0. The average Bonchev–Trinajstić information content (AvgIpc) is 3.10. The number of hydrogen-bond donors (Lipinski definition) is 1. The van der Waals surface area contributed by atoms with Crippen LogP contribution in [0.1, 0.15) is 62.7 Å². The van der Waals surface area contributed by atoms with Crippen molar-refractivity contribution < 1.29 is 19.2 Å². The molecule has 1 N–H and O–H groups in total. The lowest BCUT2D eigenvalue weighted by Crippen LogP contribution is -2.31. The van der Waals surface area contributed by atoms with Crippen LogP contribution in [0.2, 0.25) is 0 Å². The fourth-order valence-corrected chi connectivity index (χ4v) is 5.05. The predicted octanol–water partition coefficient (Wildman–Crippen LogP) is 8.16. The van der Waals surface area contributed by atoms with Gasteiger partial charge in [0.15, 0.2) is 0 Å². The van der Waals surface area contributed by atoms with E-state index >= 15 is 0 Å². The van der Waals surface area contributed by atoms with E-state index in [4.69, 9.17) is 9.57 Å². The molecule has 5 aromatic carbocycles. The molecule has 0 aliphatic carbocycles. The summed E-state index contributed by atoms with van der Waals surface area (Å²) in [4.78, 5) is 36.5. The molecule has 0 spiro atoms. The van der Waals surface area contributed by atoms with Gasteiger partial charge in [0.25, 0.3) is 11.8 Å². The first-order valence-corrected chi connectivity index (χ1v) is 15.7. The fraction of sp³-hybridized carbons (Fsp3) is 0.200. The minimum atomic E-state index is -0.342. The Bertz CT molecular complexity index is 1750. The summed E-state index contributed by atoms with van der Waals surface area (Å²) in [5.41, 5.74) is 9.13. The third-order valence-electron chi connectivity index (χ3n) is 7.86. The van der Waals surface area contributed by atoms with Crippen molar-refractivity contribution in [3.8, 4) is 5.75 Å². The third kappa shape index (κ3) is 8.87. The molecule has 0 aliphatic heterocycles. The van der Waals surface area contributed by atoms with Gasteiger partial charge in [0.2, 0.25) is 0 Å². The Labute approximate surface area is 277 Å². The van der Waals surface area contributed by atoms with E-state index in [1.807, 2.05) is 134 Å². The number of carbonyl (C=O) groups is 2. The van der Waals surface area contributed by atoms with Gasteiger partial charge in [-0.25, -0.2) is 5.48 Å². The van der Waals surface area contributed by atoms with Crippen LogP contribution in [0.4, 0.5) is 11.4 Å². The van der Waals surface area contributed by atoms with Crippen molar-refractivity contribution in [1.82, 2.24) is 5.48 Å². The van der Waals surface area contributed by atoms with Crippen molar-refractivity contribution in [3.63, 3.8) is 0 Å². The van der Waals surface area contributed by atoms with Gasteiger partial charge in [-0.3, -0.25) is 14.4 Å². The van der Waals surface area contributed by atoms with Crippen LogP contribution in [0.5, 0.6) is 5.75 Å². The number of rotatable bonds is 13. The Morgan fingerprint density at radius 2 is 1.28 bits per heavy atom. The molecule has 0 saturated carbocycles. The topological polar surface area (TPSA) is 71.1 Å². The number of hydroxylamine groups is 1. The van der Waals surface area contributed by atoms with Crippen molar-refractivity contribution >= 4 is 23.2 Å². The zero-order valence-corrected chi connectivity index (χ0v) is 27.4. The van der Waals surface area contributed by atoms with E-state index in [9.17, 15) is 9.59 Å². The smallest absolute Gasteiger partial charge is 0.274 e. The number of hydrogen-bond acceptors (Lipinski definition) is 5. The summed E-state index contributed by atoms with van der Waals surface area (Å²) in [6, 6.07) is 40.5. The van der Waals surface area contributed by atoms with Gasteiger partial charge in [-0.15, -0.1) is 0 Å². The maximum absolute atomic E-state index is 14.5. The molecule has 5 rings (SSSR count). The van der Waals surface area contributed by atoms with Gasteiger partial charge in [-0.05, 0) is 76.7 Å². The van der Waals surface area contributed by atoms with Crippen LogP contribution < -0.4 is 20.0 Å². The molecule has 7 heteroatoms. The Morgan fingerprint density at radius 1 is 0.681 bits per heavy atom. The number of nitrogens with zero attached hydrogens (tertiary/aromatic N) is 2. The summed E-state index contributed by atoms with van der Waals surface area (Å²) in [6.45, 7) is 5.12. The molecule has 0 aromatic heterocycles. The maximum Gasteiger partial charge on any atom is 0.274 e. The number of anilines is 2. The van der Waals surface area contributed by atoms with Crippen LogP contribution in [-0.2, 0) is 24.6 Å². The van der Waals surface area contributed by atoms with Gasteiger partial charge in [0.1, 0.15) is 12.4 Å². The highest BCUT2D eigenvalue weighted by Crippen LogP contribution is 2.30. The van der Waals surface area contributed by atoms with E-state index in [1.165, 1.54) is 0 Å². The van der Waals surface area contributed by atoms with Crippen LogP contribution in [-0.4, -0.2) is 25.9 Å². The van der Waals surface area contributed by atoms with E-state index in [0.29, 0.717) is 23.5 Å². The Balaban J connectivity index is 1.39. The van der Waals surface area contributed by atoms with Crippen molar-refractivity contribution in [2.45, 2.75) is 39.5 Å². The lowest BCUT2D eigenvalue weighted by molar-refractivity contribution is 0.0233. The quantitative estimate of drug-likeness (QED) is 0.133. The van der Waals surface area contributed by atoms with E-state index in [-0.39, 0.29) is 30.9 Å². The lowest BCUT2D eigenvalue weighted by atomic mass is 9.99. The molecule has 5 aromatic rings. The minimum absolute atomic E-state index is 0.177. The number of amides is 2. The Kier molecular flexibility index (Phi) is 11.0. The van der Waals surface area contributed by atoms with Gasteiger partial charge in [-0.1, -0.05) is 92.7 Å². The van der Waals surface area contributed by atoms with Crippen molar-refractivity contribution in [1.29, 1.82) is 0 Å². The molecule has 0 unspecified atom stereocenters. The van der Waals surface area contributed by atoms with E-state index in [0.717, 1.165) is 33.6 Å². The fourth-order valence-electron chi connectivity index (χ4n) is 5.05. The summed E-state index contributed by atoms with van der Waals surface area (Å²) in [7, 11) is 3.96. The Hall–Kier alpha value is -5.40. The van der Waals surface area contributed by atoms with Gasteiger partial charge in [0.05, 0.1) is 18.7 Å². The molecule has 0 atom stereocenters. The highest BCUT2D eigenvalue weighted by Gasteiger charge is 2.23. The van der Waals surface area contributed by atoms with Crippen molar-refractivity contribution in [3.05, 3.63) is 161 Å². The lowest BCUT2D eigenvalue weighted by Gasteiger charge is -2.26. The van der Waals surface area contributed by atoms with E-state index in [1.54, 1.807) is 17.0 Å². The zero-order chi connectivity index (χ0) is 33.2. The maximum atomic E-state index is 14.5.